The van der Waals surface area contributed by atoms with Gasteiger partial charge >= 0.3 is 0 Å². The molecule has 36 heavy (non-hydrogen) atoms. The first-order chi connectivity index (χ1) is 17.4. The first kappa shape index (κ1) is 23.8. The third kappa shape index (κ3) is 3.44. The lowest BCUT2D eigenvalue weighted by Crippen LogP contribution is -2.53. The summed E-state index contributed by atoms with van der Waals surface area (Å²) < 4.78 is 11.3. The number of rotatable bonds is 7. The van der Waals surface area contributed by atoms with Crippen molar-refractivity contribution in [3.63, 3.8) is 0 Å². The van der Waals surface area contributed by atoms with E-state index in [2.05, 4.69) is 6.58 Å². The Kier molecular flexibility index (Phi) is 6.14. The number of nitrogens with zero attached hydrogens (tertiary/aromatic N) is 2. The molecule has 0 aromatic heterocycles. The maximum absolute atomic E-state index is 14.2. The Morgan fingerprint density at radius 3 is 2.61 bits per heavy atom. The molecule has 1 N–H and O–H groups in total. The fourth-order valence-electron chi connectivity index (χ4n) is 5.43. The van der Waals surface area contributed by atoms with E-state index in [-0.39, 0.29) is 18.2 Å². The summed E-state index contributed by atoms with van der Waals surface area (Å²) in [7, 11) is 0. The van der Waals surface area contributed by atoms with Crippen molar-refractivity contribution in [2.45, 2.75) is 31.4 Å². The van der Waals surface area contributed by atoms with E-state index in [1.54, 1.807) is 53.4 Å². The van der Waals surface area contributed by atoms with Crippen molar-refractivity contribution in [2.75, 3.05) is 31.2 Å². The molecule has 3 aliphatic heterocycles. The number of likely N-dealkylation sites (tertiary alicyclic amines) is 1. The Balaban J connectivity index is 1.71. The molecule has 0 saturated carbocycles. The minimum Gasteiger partial charge on any atom is -0.507 e. The number of anilines is 1. The number of likely N-dealkylation sites (N-methyl/N-ethyl adjacent to an activating group) is 1. The Morgan fingerprint density at radius 2 is 1.94 bits per heavy atom. The normalized spacial score (nSPS) is 24.6. The van der Waals surface area contributed by atoms with Crippen LogP contribution in [0.1, 0.15) is 30.9 Å². The molecule has 0 radical (unpaired) electrons. The molecule has 1 spiro atoms. The second-order valence-electron chi connectivity index (χ2n) is 9.00. The maximum atomic E-state index is 14.2. The minimum atomic E-state index is -1.77. The average molecular weight is 489 g/mol. The van der Waals surface area contributed by atoms with Gasteiger partial charge in [-0.15, -0.1) is 0 Å². The summed E-state index contributed by atoms with van der Waals surface area (Å²) in [6, 6.07) is 13.6. The minimum absolute atomic E-state index is 0.0767. The van der Waals surface area contributed by atoms with Gasteiger partial charge in [0.15, 0.2) is 5.54 Å². The monoisotopic (exact) mass is 488 g/mol. The van der Waals surface area contributed by atoms with Crippen LogP contribution >= 0.6 is 0 Å². The summed E-state index contributed by atoms with van der Waals surface area (Å²) in [5, 5.41) is 11.5. The van der Waals surface area contributed by atoms with Crippen molar-refractivity contribution in [3.05, 3.63) is 77.9 Å². The fourth-order valence-corrected chi connectivity index (χ4v) is 5.43. The number of carbonyl (C=O) groups excluding carboxylic acids is 3. The molecule has 2 atom stereocenters. The first-order valence-corrected chi connectivity index (χ1v) is 12.1. The molecular weight excluding hydrogens is 460 g/mol. The molecule has 8 nitrogen and oxygen atoms in total. The lowest BCUT2D eigenvalue weighted by atomic mass is 9.81. The van der Waals surface area contributed by atoms with E-state index in [0.717, 1.165) is 12.8 Å². The lowest BCUT2D eigenvalue weighted by Gasteiger charge is -2.35. The van der Waals surface area contributed by atoms with Gasteiger partial charge in [-0.05, 0) is 50.1 Å². The molecular formula is C28H28N2O6. The molecule has 0 bridgehead atoms. The van der Waals surface area contributed by atoms with Crippen LogP contribution in [0.15, 0.2) is 66.8 Å². The van der Waals surface area contributed by atoms with Gasteiger partial charge in [-0.1, -0.05) is 30.9 Å². The summed E-state index contributed by atoms with van der Waals surface area (Å²) in [5.41, 5.74) is -0.575. The van der Waals surface area contributed by atoms with Gasteiger partial charge < -0.3 is 24.4 Å². The van der Waals surface area contributed by atoms with E-state index in [1.165, 1.54) is 4.90 Å². The highest BCUT2D eigenvalue weighted by Crippen LogP contribution is 2.53. The van der Waals surface area contributed by atoms with E-state index in [0.29, 0.717) is 42.3 Å². The number of para-hydroxylation sites is 1. The molecule has 2 aromatic rings. The van der Waals surface area contributed by atoms with Gasteiger partial charge in [-0.25, -0.2) is 0 Å². The third-order valence-electron chi connectivity index (χ3n) is 7.03. The second-order valence-corrected chi connectivity index (χ2v) is 9.00. The van der Waals surface area contributed by atoms with Crippen molar-refractivity contribution in [1.29, 1.82) is 0 Å². The number of ketones is 1. The summed E-state index contributed by atoms with van der Waals surface area (Å²) in [4.78, 5) is 44.1. The van der Waals surface area contributed by atoms with Gasteiger partial charge in [0.05, 0.1) is 17.4 Å². The summed E-state index contributed by atoms with van der Waals surface area (Å²) >= 11 is 0. The van der Waals surface area contributed by atoms with Crippen molar-refractivity contribution < 1.29 is 29.0 Å². The Bertz CT molecular complexity index is 1260. The molecule has 8 heteroatoms. The zero-order chi connectivity index (χ0) is 25.4. The van der Waals surface area contributed by atoms with E-state index in [4.69, 9.17) is 9.47 Å². The Hall–Kier alpha value is -3.91. The van der Waals surface area contributed by atoms with Crippen LogP contribution in [-0.4, -0.2) is 60.0 Å². The van der Waals surface area contributed by atoms with E-state index >= 15 is 0 Å². The molecule has 5 rings (SSSR count). The van der Waals surface area contributed by atoms with Crippen LogP contribution < -0.4 is 9.64 Å². The standard InChI is InChI=1S/C28H28N2O6/c1-3-15-35-19-13-11-18(12-14-19)24(31)23-25(32)26(33)30(17-20-8-7-16-36-20)28(23)21-9-5-6-10-22(21)29(4-2)27(28)34/h3,5-6,9-14,20,31H,1,4,7-8,15-17H2,2H3/b24-23+. The quantitative estimate of drug-likeness (QED) is 0.278. The summed E-state index contributed by atoms with van der Waals surface area (Å²) in [6.45, 7) is 6.76. The number of amides is 2. The van der Waals surface area contributed by atoms with Crippen LogP contribution in [0, 0.1) is 0 Å². The third-order valence-corrected chi connectivity index (χ3v) is 7.03. The predicted molar refractivity (Wildman–Crippen MR) is 134 cm³/mol. The Morgan fingerprint density at radius 1 is 1.19 bits per heavy atom. The van der Waals surface area contributed by atoms with Crippen molar-refractivity contribution in [3.8, 4) is 5.75 Å². The zero-order valence-corrected chi connectivity index (χ0v) is 20.1. The summed E-state index contributed by atoms with van der Waals surface area (Å²) in [5.74, 6) is -1.99. The van der Waals surface area contributed by atoms with Gasteiger partial charge in [0.1, 0.15) is 18.1 Å². The summed E-state index contributed by atoms with van der Waals surface area (Å²) in [6.07, 6.45) is 2.88. The average Bonchev–Trinajstić information content (AvgIpc) is 3.56. The van der Waals surface area contributed by atoms with Gasteiger partial charge in [-0.3, -0.25) is 14.4 Å². The number of aliphatic hydroxyl groups is 1. The van der Waals surface area contributed by atoms with Crippen LogP contribution in [0.25, 0.3) is 5.76 Å². The lowest BCUT2D eigenvalue weighted by molar-refractivity contribution is -0.145. The molecule has 2 saturated heterocycles. The van der Waals surface area contributed by atoms with Gasteiger partial charge in [0, 0.05) is 30.8 Å². The molecule has 2 unspecified atom stereocenters. The molecule has 2 aromatic carbocycles. The van der Waals surface area contributed by atoms with Crippen molar-refractivity contribution >= 4 is 29.0 Å². The van der Waals surface area contributed by atoms with E-state index < -0.39 is 28.9 Å². The number of Topliss-reactive ketones (excluding diaryl/α,β-unsaturated/α-hetero) is 1. The van der Waals surface area contributed by atoms with Crippen LogP contribution in [0.5, 0.6) is 5.75 Å². The fraction of sp³-hybridized carbons (Fsp3) is 0.321. The smallest absolute Gasteiger partial charge is 0.296 e. The van der Waals surface area contributed by atoms with Crippen LogP contribution in [0.3, 0.4) is 0 Å². The molecule has 2 fully saturated rings. The van der Waals surface area contributed by atoms with Crippen molar-refractivity contribution in [2.24, 2.45) is 0 Å². The number of hydrogen-bond donors (Lipinski definition) is 1. The molecule has 186 valence electrons. The molecule has 3 aliphatic rings. The number of aliphatic hydroxyl groups excluding tert-OH is 1. The maximum Gasteiger partial charge on any atom is 0.296 e. The van der Waals surface area contributed by atoms with Gasteiger partial charge in [0.2, 0.25) is 0 Å². The molecule has 2 amide bonds. The second kappa shape index (κ2) is 9.28. The van der Waals surface area contributed by atoms with Crippen LogP contribution in [0.2, 0.25) is 0 Å². The largest absolute Gasteiger partial charge is 0.507 e. The van der Waals surface area contributed by atoms with Crippen LogP contribution in [-0.2, 0) is 24.7 Å². The van der Waals surface area contributed by atoms with Gasteiger partial charge in [0.25, 0.3) is 17.6 Å². The highest BCUT2D eigenvalue weighted by atomic mass is 16.5. The number of benzene rings is 2. The Labute approximate surface area is 209 Å². The highest BCUT2D eigenvalue weighted by Gasteiger charge is 2.67. The van der Waals surface area contributed by atoms with Crippen LogP contribution in [0.4, 0.5) is 5.69 Å². The van der Waals surface area contributed by atoms with Crippen molar-refractivity contribution in [1.82, 2.24) is 4.90 Å². The van der Waals surface area contributed by atoms with Gasteiger partial charge in [-0.2, -0.15) is 0 Å². The topological polar surface area (TPSA) is 96.4 Å². The number of carbonyl (C=O) groups is 3. The number of fused-ring (bicyclic) bond motifs is 2. The van der Waals surface area contributed by atoms with E-state index in [1.807, 2.05) is 13.0 Å². The number of ether oxygens (including phenoxy) is 2. The zero-order valence-electron chi connectivity index (χ0n) is 20.1. The predicted octanol–water partition coefficient (Wildman–Crippen LogP) is 3.37. The van der Waals surface area contributed by atoms with E-state index in [9.17, 15) is 19.5 Å². The highest BCUT2D eigenvalue weighted by molar-refractivity contribution is 6.50. The first-order valence-electron chi connectivity index (χ1n) is 12.1. The SMILES string of the molecule is C=CCOc1ccc(/C(O)=C2/C(=O)C(=O)N(CC3CCCO3)C23C(=O)N(CC)c2ccccc23)cc1. The molecule has 3 heterocycles. The molecule has 0 aliphatic carbocycles. The number of hydrogen-bond acceptors (Lipinski definition) is 6.